The highest BCUT2D eigenvalue weighted by atomic mass is 16.5. The quantitative estimate of drug-likeness (QED) is 0.425. The van der Waals surface area contributed by atoms with Crippen LogP contribution < -0.4 is 10.1 Å². The summed E-state index contributed by atoms with van der Waals surface area (Å²) in [5.74, 6) is 2.18. The number of aromatic nitrogens is 2. The van der Waals surface area contributed by atoms with E-state index in [2.05, 4.69) is 58.5 Å². The second-order valence-corrected chi connectivity index (χ2v) is 7.90. The zero-order valence-electron chi connectivity index (χ0n) is 18.1. The lowest BCUT2D eigenvalue weighted by molar-refractivity contribution is 0.416. The lowest BCUT2D eigenvalue weighted by Crippen LogP contribution is -2.15. The number of hydrogen-bond donors (Lipinski definition) is 1. The van der Waals surface area contributed by atoms with Crippen LogP contribution in [0.2, 0.25) is 0 Å². The predicted molar refractivity (Wildman–Crippen MR) is 130 cm³/mol. The molecule has 4 aromatic rings. The molecule has 0 saturated heterocycles. The molecule has 5 heteroatoms. The van der Waals surface area contributed by atoms with Gasteiger partial charge in [-0.15, -0.1) is 0 Å². The van der Waals surface area contributed by atoms with E-state index in [1.165, 1.54) is 5.56 Å². The van der Waals surface area contributed by atoms with Crippen LogP contribution in [0, 0.1) is 6.92 Å². The molecule has 0 unspecified atom stereocenters. The van der Waals surface area contributed by atoms with Crippen molar-refractivity contribution in [1.29, 1.82) is 0 Å². The molecule has 1 aliphatic rings. The molecule has 5 nitrogen and oxygen atoms in total. The Labute approximate surface area is 187 Å². The summed E-state index contributed by atoms with van der Waals surface area (Å²) in [4.78, 5) is 11.3. The fourth-order valence-electron chi connectivity index (χ4n) is 3.60. The zero-order valence-corrected chi connectivity index (χ0v) is 18.1. The minimum Gasteiger partial charge on any atom is -0.458 e. The highest BCUT2D eigenvalue weighted by molar-refractivity contribution is 5.81. The molecule has 1 N–H and O–H groups in total. The number of nitrogens with zero attached hydrogens (tertiary/aromatic N) is 3. The number of allylic oxidation sites excluding steroid dienone is 1. The summed E-state index contributed by atoms with van der Waals surface area (Å²) in [6.45, 7) is 2.91. The van der Waals surface area contributed by atoms with Gasteiger partial charge in [0.05, 0.1) is 5.52 Å². The van der Waals surface area contributed by atoms with Gasteiger partial charge in [0.1, 0.15) is 11.5 Å². The number of fused-ring (bicyclic) bond motifs is 1. The van der Waals surface area contributed by atoms with Crippen LogP contribution in [0.4, 0.5) is 11.6 Å². The number of anilines is 2. The van der Waals surface area contributed by atoms with Crippen LogP contribution in [0.1, 0.15) is 5.56 Å². The Balaban J connectivity index is 1.37. The first-order valence-electron chi connectivity index (χ1n) is 10.6. The van der Waals surface area contributed by atoms with E-state index >= 15 is 0 Å². The number of aryl methyl sites for hydroxylation is 1. The largest absolute Gasteiger partial charge is 0.458 e. The molecular weight excluding hydrogens is 396 g/mol. The second-order valence-electron chi connectivity index (χ2n) is 7.90. The lowest BCUT2D eigenvalue weighted by Gasteiger charge is -2.17. The minimum absolute atomic E-state index is 0.570. The Bertz CT molecular complexity index is 1330. The van der Waals surface area contributed by atoms with Crippen LogP contribution in [0.25, 0.3) is 22.0 Å². The van der Waals surface area contributed by atoms with E-state index in [1.807, 2.05) is 61.9 Å². The van der Waals surface area contributed by atoms with E-state index in [4.69, 9.17) is 9.72 Å². The van der Waals surface area contributed by atoms with Gasteiger partial charge in [0.2, 0.25) is 5.95 Å². The Morgan fingerprint density at radius 1 is 0.969 bits per heavy atom. The van der Waals surface area contributed by atoms with E-state index in [0.29, 0.717) is 5.95 Å². The summed E-state index contributed by atoms with van der Waals surface area (Å²) < 4.78 is 5.99. The van der Waals surface area contributed by atoms with E-state index in [-0.39, 0.29) is 0 Å². The van der Waals surface area contributed by atoms with Gasteiger partial charge in [0.15, 0.2) is 0 Å². The maximum absolute atomic E-state index is 5.99. The topological polar surface area (TPSA) is 50.3 Å². The highest BCUT2D eigenvalue weighted by Gasteiger charge is 2.08. The normalized spacial score (nSPS) is 13.2. The smallest absolute Gasteiger partial charge is 0.227 e. The van der Waals surface area contributed by atoms with Gasteiger partial charge in [-0.25, -0.2) is 9.97 Å². The van der Waals surface area contributed by atoms with Crippen LogP contribution >= 0.6 is 0 Å². The Hall–Kier alpha value is -4.12. The molecule has 1 aliphatic heterocycles. The first-order chi connectivity index (χ1) is 15.6. The first kappa shape index (κ1) is 19.8. The van der Waals surface area contributed by atoms with E-state index in [9.17, 15) is 0 Å². The van der Waals surface area contributed by atoms with Crippen molar-refractivity contribution in [2.45, 2.75) is 6.92 Å². The Kier molecular flexibility index (Phi) is 5.30. The van der Waals surface area contributed by atoms with E-state index in [1.54, 1.807) is 0 Å². The van der Waals surface area contributed by atoms with Crippen molar-refractivity contribution < 1.29 is 4.74 Å². The van der Waals surface area contributed by atoms with Crippen LogP contribution in [-0.4, -0.2) is 28.5 Å². The number of likely N-dealkylation sites (N-methyl/N-ethyl adjacent to an activating group) is 1. The lowest BCUT2D eigenvalue weighted by atomic mass is 10.0. The minimum atomic E-state index is 0.570. The van der Waals surface area contributed by atoms with E-state index < -0.39 is 0 Å². The third-order valence-electron chi connectivity index (χ3n) is 5.45. The molecule has 0 aliphatic carbocycles. The average molecular weight is 421 g/mol. The van der Waals surface area contributed by atoms with Crippen LogP contribution in [0.15, 0.2) is 97.0 Å². The number of hydrogen-bond acceptors (Lipinski definition) is 5. The van der Waals surface area contributed by atoms with Crippen molar-refractivity contribution in [3.63, 3.8) is 0 Å². The molecule has 1 aromatic heterocycles. The number of rotatable bonds is 5. The van der Waals surface area contributed by atoms with Crippen LogP contribution in [0.3, 0.4) is 0 Å². The molecule has 0 saturated carbocycles. The van der Waals surface area contributed by atoms with Gasteiger partial charge in [-0.3, -0.25) is 0 Å². The summed E-state index contributed by atoms with van der Waals surface area (Å²) >= 11 is 0. The fourth-order valence-corrected chi connectivity index (χ4v) is 3.60. The number of nitrogens with one attached hydrogen (secondary N) is 1. The molecule has 0 fully saturated rings. The molecule has 0 radical (unpaired) electrons. The monoisotopic (exact) mass is 420 g/mol. The van der Waals surface area contributed by atoms with Crippen molar-refractivity contribution in [3.05, 3.63) is 103 Å². The van der Waals surface area contributed by atoms with Crippen molar-refractivity contribution in [2.24, 2.45) is 0 Å². The van der Waals surface area contributed by atoms with Crippen molar-refractivity contribution in [3.8, 4) is 16.9 Å². The van der Waals surface area contributed by atoms with Crippen LogP contribution in [-0.2, 0) is 0 Å². The van der Waals surface area contributed by atoms with Crippen molar-refractivity contribution >= 4 is 22.5 Å². The second kappa shape index (κ2) is 8.55. The molecule has 5 rings (SSSR count). The van der Waals surface area contributed by atoms with Crippen LogP contribution in [0.5, 0.6) is 5.75 Å². The Morgan fingerprint density at radius 2 is 1.84 bits per heavy atom. The molecule has 158 valence electrons. The van der Waals surface area contributed by atoms with E-state index in [0.717, 1.165) is 45.8 Å². The van der Waals surface area contributed by atoms with Gasteiger partial charge < -0.3 is 15.0 Å². The third kappa shape index (κ3) is 4.32. The number of benzene rings is 3. The summed E-state index contributed by atoms with van der Waals surface area (Å²) in [5.41, 5.74) is 5.32. The molecule has 0 bridgehead atoms. The molecule has 32 heavy (non-hydrogen) atoms. The van der Waals surface area contributed by atoms with Crippen molar-refractivity contribution in [1.82, 2.24) is 14.9 Å². The number of ether oxygens (including phenoxy) is 1. The van der Waals surface area contributed by atoms with Crippen molar-refractivity contribution in [2.75, 3.05) is 18.9 Å². The molecule has 0 amide bonds. The summed E-state index contributed by atoms with van der Waals surface area (Å²) in [5, 5.41) is 4.31. The standard InChI is InChI=1S/C27H24N4O/c1-19-8-9-21(20-6-4-3-5-7-20)17-26(19)30-27-28-18-22-16-24(10-11-25(22)29-27)32-23-12-14-31(2)15-13-23/h3-14,16-18H,15H2,1-2H3,(H,28,29,30). The predicted octanol–water partition coefficient (Wildman–Crippen LogP) is 6.07. The highest BCUT2D eigenvalue weighted by Crippen LogP contribution is 2.28. The molecule has 0 spiro atoms. The van der Waals surface area contributed by atoms with Gasteiger partial charge in [-0.1, -0.05) is 42.5 Å². The fraction of sp³-hybridized carbons (Fsp3) is 0.111. The van der Waals surface area contributed by atoms with Gasteiger partial charge >= 0.3 is 0 Å². The average Bonchev–Trinajstić information content (AvgIpc) is 2.82. The van der Waals surface area contributed by atoms with Gasteiger partial charge in [-0.2, -0.15) is 0 Å². The molecule has 0 atom stereocenters. The SMILES string of the molecule is Cc1ccc(-c2ccccc2)cc1Nc1ncc2cc(OC3=CCN(C)C=C3)ccc2n1. The van der Waals surface area contributed by atoms with Gasteiger partial charge in [0.25, 0.3) is 0 Å². The Morgan fingerprint density at radius 3 is 2.66 bits per heavy atom. The van der Waals surface area contributed by atoms with Gasteiger partial charge in [0, 0.05) is 37.1 Å². The third-order valence-corrected chi connectivity index (χ3v) is 5.45. The maximum atomic E-state index is 5.99. The molecular formula is C27H24N4O. The summed E-state index contributed by atoms with van der Waals surface area (Å²) in [6, 6.07) is 22.6. The maximum Gasteiger partial charge on any atom is 0.227 e. The summed E-state index contributed by atoms with van der Waals surface area (Å²) in [6.07, 6.45) is 7.85. The first-order valence-corrected chi connectivity index (χ1v) is 10.6. The van der Waals surface area contributed by atoms with Gasteiger partial charge in [-0.05, 0) is 60.0 Å². The summed E-state index contributed by atoms with van der Waals surface area (Å²) in [7, 11) is 2.03. The molecule has 2 heterocycles. The molecule has 3 aromatic carbocycles. The zero-order chi connectivity index (χ0) is 21.9.